The molecule has 1 aromatic carbocycles. The lowest BCUT2D eigenvalue weighted by Gasteiger charge is -2.13. The number of halogens is 1. The fourth-order valence-electron chi connectivity index (χ4n) is 2.04. The highest BCUT2D eigenvalue weighted by Gasteiger charge is 2.28. The van der Waals surface area contributed by atoms with Crippen LogP contribution >= 0.6 is 11.6 Å². The Morgan fingerprint density at radius 3 is 2.68 bits per heavy atom. The molecule has 1 unspecified atom stereocenters. The molecule has 0 saturated carbocycles. The van der Waals surface area contributed by atoms with Crippen molar-refractivity contribution in [3.8, 4) is 23.6 Å². The van der Waals surface area contributed by atoms with Gasteiger partial charge in [0.1, 0.15) is 5.69 Å². The third-order valence-electron chi connectivity index (χ3n) is 3.13. The molecule has 6 heteroatoms. The van der Waals surface area contributed by atoms with Crippen molar-refractivity contribution in [2.24, 2.45) is 0 Å². The molecule has 0 aliphatic carbocycles. The Morgan fingerprint density at radius 2 is 2.14 bits per heavy atom. The number of aromatic nitrogens is 1. The average Bonchev–Trinajstić information content (AvgIpc) is 2.92. The van der Waals surface area contributed by atoms with Crippen LogP contribution in [-0.4, -0.2) is 34.7 Å². The number of carbonyl (C=O) groups is 1. The van der Waals surface area contributed by atoms with E-state index in [1.807, 2.05) is 0 Å². The van der Waals surface area contributed by atoms with Crippen molar-refractivity contribution in [1.29, 1.82) is 0 Å². The van der Waals surface area contributed by atoms with Crippen LogP contribution in [0, 0.1) is 12.3 Å². The maximum Gasteiger partial charge on any atom is 0.293 e. The van der Waals surface area contributed by atoms with E-state index in [2.05, 4.69) is 11.1 Å². The molecule has 1 heterocycles. The van der Waals surface area contributed by atoms with E-state index in [9.17, 15) is 9.90 Å². The Labute approximate surface area is 133 Å². The molecule has 2 rings (SSSR count). The van der Waals surface area contributed by atoms with E-state index in [1.54, 1.807) is 38.2 Å². The van der Waals surface area contributed by atoms with Crippen LogP contribution in [0.3, 0.4) is 0 Å². The highest BCUT2D eigenvalue weighted by Crippen LogP contribution is 2.31. The molecule has 0 aliphatic rings. The lowest BCUT2D eigenvalue weighted by Crippen LogP contribution is -2.27. The molecule has 0 radical (unpaired) electrons. The van der Waals surface area contributed by atoms with Gasteiger partial charge >= 0.3 is 0 Å². The maximum absolute atomic E-state index is 12.3. The molecule has 0 saturated heterocycles. The van der Waals surface area contributed by atoms with Gasteiger partial charge in [0, 0.05) is 17.6 Å². The van der Waals surface area contributed by atoms with Crippen LogP contribution in [0.15, 0.2) is 28.8 Å². The van der Waals surface area contributed by atoms with Crippen LogP contribution in [0.2, 0.25) is 5.02 Å². The van der Waals surface area contributed by atoms with Crippen LogP contribution in [-0.2, 0) is 0 Å². The number of terminal acetylenes is 1. The number of amides is 1. The minimum Gasteiger partial charge on any atom is -0.388 e. The zero-order valence-electron chi connectivity index (χ0n) is 12.2. The van der Waals surface area contributed by atoms with Crippen molar-refractivity contribution >= 4 is 17.5 Å². The summed E-state index contributed by atoms with van der Waals surface area (Å²) in [7, 11) is 1.55. The third kappa shape index (κ3) is 3.14. The summed E-state index contributed by atoms with van der Waals surface area (Å²) in [6.45, 7) is 1.68. The molecule has 0 fully saturated rings. The minimum atomic E-state index is -0.921. The molecule has 114 valence electrons. The van der Waals surface area contributed by atoms with Gasteiger partial charge < -0.3 is 14.5 Å². The lowest BCUT2D eigenvalue weighted by molar-refractivity contribution is 0.0763. The van der Waals surface area contributed by atoms with Crippen molar-refractivity contribution in [2.45, 2.75) is 13.0 Å². The van der Waals surface area contributed by atoms with Gasteiger partial charge in [0.15, 0.2) is 0 Å². The smallest absolute Gasteiger partial charge is 0.293 e. The van der Waals surface area contributed by atoms with Crippen LogP contribution in [0.4, 0.5) is 0 Å². The van der Waals surface area contributed by atoms with E-state index >= 15 is 0 Å². The Kier molecular flexibility index (Phi) is 4.86. The highest BCUT2D eigenvalue weighted by molar-refractivity contribution is 6.30. The number of hydrogen-bond donors (Lipinski definition) is 1. The van der Waals surface area contributed by atoms with E-state index in [-0.39, 0.29) is 12.3 Å². The number of carbonyl (C=O) groups excluding carboxylic acids is 1. The van der Waals surface area contributed by atoms with Crippen molar-refractivity contribution in [3.63, 3.8) is 0 Å². The molecule has 1 amide bonds. The summed E-state index contributed by atoms with van der Waals surface area (Å²) in [6, 6.07) is 6.88. The predicted octanol–water partition coefficient (Wildman–Crippen LogP) is 2.75. The molecule has 1 atom stereocenters. The number of hydrogen-bond acceptors (Lipinski definition) is 4. The van der Waals surface area contributed by atoms with E-state index in [0.717, 1.165) is 0 Å². The van der Waals surface area contributed by atoms with E-state index in [1.165, 1.54) is 4.90 Å². The van der Waals surface area contributed by atoms with E-state index < -0.39 is 12.0 Å². The number of rotatable bonds is 4. The molecule has 5 nitrogen and oxygen atoms in total. The zero-order valence-corrected chi connectivity index (χ0v) is 13.0. The molecular weight excluding hydrogens is 304 g/mol. The number of nitrogens with zero attached hydrogens (tertiary/aromatic N) is 2. The quantitative estimate of drug-likeness (QED) is 0.880. The van der Waals surface area contributed by atoms with Gasteiger partial charge in [-0.3, -0.25) is 4.79 Å². The van der Waals surface area contributed by atoms with Gasteiger partial charge in [0.05, 0.1) is 18.2 Å². The Morgan fingerprint density at radius 1 is 1.50 bits per heavy atom. The minimum absolute atomic E-state index is 0.0160. The van der Waals surface area contributed by atoms with Crippen molar-refractivity contribution in [1.82, 2.24) is 10.1 Å². The van der Waals surface area contributed by atoms with Crippen molar-refractivity contribution < 1.29 is 14.4 Å². The van der Waals surface area contributed by atoms with Crippen LogP contribution in [0.1, 0.15) is 29.1 Å². The van der Waals surface area contributed by atoms with Gasteiger partial charge in [-0.2, -0.15) is 0 Å². The molecule has 0 aliphatic heterocycles. The molecule has 2 aromatic rings. The molecule has 22 heavy (non-hydrogen) atoms. The Bertz CT molecular complexity index is 714. The fourth-order valence-corrected chi connectivity index (χ4v) is 2.16. The van der Waals surface area contributed by atoms with Crippen LogP contribution in [0.25, 0.3) is 11.3 Å². The first-order valence-corrected chi connectivity index (χ1v) is 6.96. The molecule has 0 spiro atoms. The molecular formula is C16H15ClN2O3. The van der Waals surface area contributed by atoms with Crippen molar-refractivity contribution in [2.75, 3.05) is 13.6 Å². The van der Waals surface area contributed by atoms with Gasteiger partial charge in [-0.05, 0) is 19.1 Å². The van der Waals surface area contributed by atoms with Gasteiger partial charge in [0.2, 0.25) is 5.76 Å². The highest BCUT2D eigenvalue weighted by atomic mass is 35.5. The predicted molar refractivity (Wildman–Crippen MR) is 83.4 cm³/mol. The summed E-state index contributed by atoms with van der Waals surface area (Å²) >= 11 is 5.86. The first kappa shape index (κ1) is 16.1. The SMILES string of the molecule is C#CCN(C)C(=O)c1onc(-c2ccc(Cl)cc2)c1C(C)O. The fraction of sp³-hybridized carbons (Fsp3) is 0.250. The second-order valence-corrected chi connectivity index (χ2v) is 5.26. The molecule has 1 aromatic heterocycles. The van der Waals surface area contributed by atoms with Gasteiger partial charge in [-0.15, -0.1) is 6.42 Å². The van der Waals surface area contributed by atoms with Gasteiger partial charge in [0.25, 0.3) is 5.91 Å². The van der Waals surface area contributed by atoms with Gasteiger partial charge in [-0.25, -0.2) is 0 Å². The Hall–Kier alpha value is -2.29. The summed E-state index contributed by atoms with van der Waals surface area (Å²) < 4.78 is 5.17. The number of benzene rings is 1. The first-order valence-electron chi connectivity index (χ1n) is 6.58. The average molecular weight is 319 g/mol. The topological polar surface area (TPSA) is 66.6 Å². The summed E-state index contributed by atoms with van der Waals surface area (Å²) in [5.41, 5.74) is 1.43. The summed E-state index contributed by atoms with van der Waals surface area (Å²) in [6.07, 6.45) is 4.28. The van der Waals surface area contributed by atoms with Crippen LogP contribution in [0.5, 0.6) is 0 Å². The summed E-state index contributed by atoms with van der Waals surface area (Å²) in [5.74, 6) is 1.93. The van der Waals surface area contributed by atoms with Crippen molar-refractivity contribution in [3.05, 3.63) is 40.6 Å². The van der Waals surface area contributed by atoms with E-state index in [0.29, 0.717) is 21.8 Å². The standard InChI is InChI=1S/C16H15ClN2O3/c1-4-9-19(3)16(21)15-13(10(2)20)14(18-22-15)11-5-7-12(17)8-6-11/h1,5-8,10,20H,9H2,2-3H3. The monoisotopic (exact) mass is 318 g/mol. The zero-order chi connectivity index (χ0) is 16.3. The molecule has 1 N–H and O–H groups in total. The third-order valence-corrected chi connectivity index (χ3v) is 3.38. The second kappa shape index (κ2) is 6.65. The van der Waals surface area contributed by atoms with Crippen LogP contribution < -0.4 is 0 Å². The summed E-state index contributed by atoms with van der Waals surface area (Å²) in [4.78, 5) is 13.6. The van der Waals surface area contributed by atoms with Gasteiger partial charge in [-0.1, -0.05) is 34.8 Å². The largest absolute Gasteiger partial charge is 0.388 e. The second-order valence-electron chi connectivity index (χ2n) is 4.82. The normalized spacial score (nSPS) is 11.8. The summed E-state index contributed by atoms with van der Waals surface area (Å²) in [5, 5.41) is 14.5. The number of aliphatic hydroxyl groups is 1. The lowest BCUT2D eigenvalue weighted by atomic mass is 10.0. The maximum atomic E-state index is 12.3. The van der Waals surface area contributed by atoms with E-state index in [4.69, 9.17) is 22.5 Å². The first-order chi connectivity index (χ1) is 10.5. The number of aliphatic hydroxyl groups excluding tert-OH is 1. The molecule has 0 bridgehead atoms. The Balaban J connectivity index is 2.48.